The molecule has 1 amide bonds. The number of amides is 1. The first kappa shape index (κ1) is 12.5. The number of rotatable bonds is 3. The maximum absolute atomic E-state index is 13.5. The van der Waals surface area contributed by atoms with Gasteiger partial charge in [-0.2, -0.15) is 0 Å². The van der Waals surface area contributed by atoms with Crippen molar-refractivity contribution in [2.24, 2.45) is 0 Å². The van der Waals surface area contributed by atoms with Crippen molar-refractivity contribution < 1.29 is 9.18 Å². The number of nitrogens with two attached hydrogens (primary N) is 1. The van der Waals surface area contributed by atoms with Crippen LogP contribution in [0.25, 0.3) is 0 Å². The van der Waals surface area contributed by atoms with Crippen LogP contribution in [0.4, 0.5) is 10.3 Å². The third-order valence-electron chi connectivity index (χ3n) is 3.35. The number of benzene rings is 1. The van der Waals surface area contributed by atoms with Gasteiger partial charge in [0, 0.05) is 12.7 Å². The van der Waals surface area contributed by atoms with E-state index in [4.69, 9.17) is 5.73 Å². The highest BCUT2D eigenvalue weighted by molar-refractivity contribution is 5.97. The van der Waals surface area contributed by atoms with Gasteiger partial charge in [-0.3, -0.25) is 4.79 Å². The molecular weight excluding hydrogens is 259 g/mol. The molecule has 2 N–H and O–H groups in total. The Morgan fingerprint density at radius 1 is 1.35 bits per heavy atom. The molecule has 2 heterocycles. The normalized spacial score (nSPS) is 13.7. The molecule has 0 unspecified atom stereocenters. The van der Waals surface area contributed by atoms with Gasteiger partial charge in [-0.05, 0) is 18.1 Å². The van der Waals surface area contributed by atoms with Gasteiger partial charge in [-0.25, -0.2) is 14.4 Å². The van der Waals surface area contributed by atoms with Gasteiger partial charge in [-0.15, -0.1) is 0 Å². The zero-order valence-corrected chi connectivity index (χ0v) is 10.7. The van der Waals surface area contributed by atoms with Gasteiger partial charge in [0.05, 0.1) is 17.8 Å². The first-order chi connectivity index (χ1) is 9.65. The maximum atomic E-state index is 13.5. The number of hydrogen-bond acceptors (Lipinski definition) is 4. The van der Waals surface area contributed by atoms with Crippen LogP contribution in [-0.4, -0.2) is 27.3 Å². The summed E-state index contributed by atoms with van der Waals surface area (Å²) in [6, 6.07) is 6.57. The fraction of sp³-hybridized carbons (Fsp3) is 0.214. The van der Waals surface area contributed by atoms with Crippen LogP contribution in [0.3, 0.4) is 0 Å². The summed E-state index contributed by atoms with van der Waals surface area (Å²) in [5, 5.41) is 0. The minimum Gasteiger partial charge on any atom is -0.368 e. The molecule has 0 saturated carbocycles. The predicted molar refractivity (Wildman–Crippen MR) is 71.3 cm³/mol. The summed E-state index contributed by atoms with van der Waals surface area (Å²) >= 11 is 0. The highest BCUT2D eigenvalue weighted by Crippen LogP contribution is 2.21. The number of nitrogens with zero attached hydrogens (tertiary/aromatic N) is 3. The summed E-state index contributed by atoms with van der Waals surface area (Å²) in [5.41, 5.74) is 7.22. The summed E-state index contributed by atoms with van der Waals surface area (Å²) < 4.78 is 13.5. The predicted octanol–water partition coefficient (Wildman–Crippen LogP) is 1.40. The van der Waals surface area contributed by atoms with Crippen molar-refractivity contribution in [3.63, 3.8) is 0 Å². The molecule has 3 rings (SSSR count). The Balaban J connectivity index is 1.72. The van der Waals surface area contributed by atoms with Crippen LogP contribution in [0.2, 0.25) is 0 Å². The van der Waals surface area contributed by atoms with Crippen molar-refractivity contribution in [3.8, 4) is 0 Å². The average molecular weight is 272 g/mol. The van der Waals surface area contributed by atoms with Crippen LogP contribution in [-0.2, 0) is 13.0 Å². The van der Waals surface area contributed by atoms with Gasteiger partial charge in [-0.1, -0.05) is 18.2 Å². The summed E-state index contributed by atoms with van der Waals surface area (Å²) in [7, 11) is 0. The second-order valence-electron chi connectivity index (χ2n) is 4.66. The average Bonchev–Trinajstić information content (AvgIpc) is 2.74. The lowest BCUT2D eigenvalue weighted by Gasteiger charge is -2.15. The fourth-order valence-electron chi connectivity index (χ4n) is 2.29. The number of carbonyl (C=O) groups excluding carboxylic acids is 1. The molecule has 0 atom stereocenters. The van der Waals surface area contributed by atoms with Crippen LogP contribution < -0.4 is 5.73 Å². The van der Waals surface area contributed by atoms with E-state index in [1.807, 2.05) is 0 Å². The fourth-order valence-corrected chi connectivity index (χ4v) is 2.29. The van der Waals surface area contributed by atoms with Crippen LogP contribution in [0.1, 0.15) is 21.6 Å². The second kappa shape index (κ2) is 4.88. The lowest BCUT2D eigenvalue weighted by molar-refractivity contribution is 0.0779. The first-order valence-corrected chi connectivity index (χ1v) is 6.29. The van der Waals surface area contributed by atoms with E-state index < -0.39 is 0 Å². The highest BCUT2D eigenvalue weighted by Gasteiger charge is 2.28. The maximum Gasteiger partial charge on any atom is 0.257 e. The molecule has 0 aliphatic carbocycles. The smallest absolute Gasteiger partial charge is 0.257 e. The second-order valence-corrected chi connectivity index (χ2v) is 4.66. The standard InChI is InChI=1S/C14H13FN4O/c15-11-4-2-1-3-9(11)5-6-19-8-12-10(13(19)20)7-17-14(16)18-12/h1-4,7H,5-6,8H2,(H2,16,17,18). The van der Waals surface area contributed by atoms with E-state index in [9.17, 15) is 9.18 Å². The molecule has 20 heavy (non-hydrogen) atoms. The van der Waals surface area contributed by atoms with E-state index in [2.05, 4.69) is 9.97 Å². The summed E-state index contributed by atoms with van der Waals surface area (Å²) in [6.45, 7) is 0.839. The third kappa shape index (κ3) is 2.20. The van der Waals surface area contributed by atoms with Crippen LogP contribution >= 0.6 is 0 Å². The largest absolute Gasteiger partial charge is 0.368 e. The number of aromatic nitrogens is 2. The Hall–Kier alpha value is -2.50. The number of halogens is 1. The van der Waals surface area contributed by atoms with E-state index in [-0.39, 0.29) is 17.7 Å². The summed E-state index contributed by atoms with van der Waals surface area (Å²) in [5.74, 6) is -0.218. The van der Waals surface area contributed by atoms with E-state index in [1.54, 1.807) is 23.1 Å². The van der Waals surface area contributed by atoms with Gasteiger partial charge in [0.2, 0.25) is 5.95 Å². The Labute approximate surface area is 115 Å². The number of anilines is 1. The molecule has 2 aromatic rings. The lowest BCUT2D eigenvalue weighted by Crippen LogP contribution is -2.26. The molecule has 1 aliphatic rings. The van der Waals surface area contributed by atoms with Crippen molar-refractivity contribution >= 4 is 11.9 Å². The van der Waals surface area contributed by atoms with Crippen LogP contribution in [0.15, 0.2) is 30.5 Å². The molecule has 1 aliphatic heterocycles. The van der Waals surface area contributed by atoms with Crippen LogP contribution in [0.5, 0.6) is 0 Å². The number of hydrogen-bond donors (Lipinski definition) is 1. The van der Waals surface area contributed by atoms with Crippen LogP contribution in [0, 0.1) is 5.82 Å². The molecule has 6 heteroatoms. The third-order valence-corrected chi connectivity index (χ3v) is 3.35. The Bertz CT molecular complexity index is 674. The molecule has 0 saturated heterocycles. The van der Waals surface area contributed by atoms with Gasteiger partial charge < -0.3 is 10.6 Å². The Morgan fingerprint density at radius 2 is 2.15 bits per heavy atom. The van der Waals surface area contributed by atoms with Crippen molar-refractivity contribution in [1.82, 2.24) is 14.9 Å². The van der Waals surface area contributed by atoms with E-state index >= 15 is 0 Å². The number of carbonyl (C=O) groups is 1. The van der Waals surface area contributed by atoms with Gasteiger partial charge in [0.15, 0.2) is 0 Å². The molecule has 0 spiro atoms. The molecule has 5 nitrogen and oxygen atoms in total. The molecule has 102 valence electrons. The van der Waals surface area contributed by atoms with E-state index in [0.29, 0.717) is 36.3 Å². The van der Waals surface area contributed by atoms with Crippen molar-refractivity contribution in [2.45, 2.75) is 13.0 Å². The van der Waals surface area contributed by atoms with E-state index in [0.717, 1.165) is 0 Å². The minimum atomic E-state index is -0.249. The lowest BCUT2D eigenvalue weighted by atomic mass is 10.1. The number of fused-ring (bicyclic) bond motifs is 1. The topological polar surface area (TPSA) is 72.1 Å². The van der Waals surface area contributed by atoms with Gasteiger partial charge in [0.1, 0.15) is 5.82 Å². The van der Waals surface area contributed by atoms with Gasteiger partial charge >= 0.3 is 0 Å². The van der Waals surface area contributed by atoms with Gasteiger partial charge in [0.25, 0.3) is 5.91 Å². The molecular formula is C14H13FN4O. The SMILES string of the molecule is Nc1ncc2c(n1)CN(CCc1ccccc1F)C2=O. The summed E-state index contributed by atoms with van der Waals surface area (Å²) in [6.07, 6.45) is 1.92. The quantitative estimate of drug-likeness (QED) is 0.916. The van der Waals surface area contributed by atoms with Crippen molar-refractivity contribution in [1.29, 1.82) is 0 Å². The molecule has 0 bridgehead atoms. The summed E-state index contributed by atoms with van der Waals surface area (Å²) in [4.78, 5) is 21.6. The monoisotopic (exact) mass is 272 g/mol. The van der Waals surface area contributed by atoms with Crippen molar-refractivity contribution in [3.05, 3.63) is 53.1 Å². The zero-order valence-electron chi connectivity index (χ0n) is 10.7. The highest BCUT2D eigenvalue weighted by atomic mass is 19.1. The Kier molecular flexibility index (Phi) is 3.06. The molecule has 1 aromatic heterocycles. The zero-order chi connectivity index (χ0) is 14.1. The molecule has 0 radical (unpaired) electrons. The number of nitrogen functional groups attached to an aromatic ring is 1. The molecule has 0 fully saturated rings. The molecule has 1 aromatic carbocycles. The first-order valence-electron chi connectivity index (χ1n) is 6.29. The Morgan fingerprint density at radius 3 is 2.95 bits per heavy atom. The minimum absolute atomic E-state index is 0.128. The van der Waals surface area contributed by atoms with Crippen molar-refractivity contribution in [2.75, 3.05) is 12.3 Å². The van der Waals surface area contributed by atoms with E-state index in [1.165, 1.54) is 12.3 Å².